The van der Waals surface area contributed by atoms with Crippen molar-refractivity contribution in [1.29, 1.82) is 0 Å². The summed E-state index contributed by atoms with van der Waals surface area (Å²) >= 11 is 12.0. The fraction of sp³-hybridized carbons (Fsp3) is 0.182. The molecule has 1 aromatic carbocycles. The summed E-state index contributed by atoms with van der Waals surface area (Å²) in [7, 11) is -3.92. The standard InChI is InChI=1S/C9H9Cl2N5.C2H6O4S/c10-7-3-1-2-5(8(7)11)6-4-14-16(13)15-9(6)12;3-1-2-7(4,5)6/h1-4,14H,13H2,(H2,12,15);3H,1-2H2,(H,4,5,6). The number of rotatable bonds is 3. The molecule has 9 nitrogen and oxygen atoms in total. The normalized spacial score (nSPS) is 14.2. The van der Waals surface area contributed by atoms with Gasteiger partial charge in [0.1, 0.15) is 0 Å². The molecule has 0 fully saturated rings. The molecule has 1 aliphatic heterocycles. The Bertz CT molecular complexity index is 723. The number of hydrazone groups is 1. The Hall–Kier alpha value is -1.56. The number of nitrogens with one attached hydrogen (secondary N) is 1. The van der Waals surface area contributed by atoms with Crippen LogP contribution in [0.25, 0.3) is 5.57 Å². The predicted octanol–water partition coefficient (Wildman–Crippen LogP) is 0.167. The zero-order valence-corrected chi connectivity index (χ0v) is 14.0. The van der Waals surface area contributed by atoms with Gasteiger partial charge in [0, 0.05) is 17.3 Å². The topological polar surface area (TPSA) is 154 Å². The summed E-state index contributed by atoms with van der Waals surface area (Å²) in [6, 6.07) is 5.29. The molecule has 0 bridgehead atoms. The lowest BCUT2D eigenvalue weighted by molar-refractivity contribution is 0.237. The molecule has 0 atom stereocenters. The van der Waals surface area contributed by atoms with Gasteiger partial charge in [0.25, 0.3) is 10.1 Å². The number of hydrazine groups is 2. The highest BCUT2D eigenvalue weighted by Crippen LogP contribution is 2.30. The van der Waals surface area contributed by atoms with Crippen molar-refractivity contribution in [3.05, 3.63) is 40.0 Å². The van der Waals surface area contributed by atoms with E-state index in [1.54, 1.807) is 24.4 Å². The zero-order valence-electron chi connectivity index (χ0n) is 11.6. The fourth-order valence-corrected chi connectivity index (χ4v) is 2.08. The first-order valence-electron chi connectivity index (χ1n) is 6.01. The first kappa shape index (κ1) is 19.5. The summed E-state index contributed by atoms with van der Waals surface area (Å²) in [5.74, 6) is 5.08. The van der Waals surface area contributed by atoms with Gasteiger partial charge in [-0.2, -0.15) is 8.42 Å². The highest BCUT2D eigenvalue weighted by atomic mass is 35.5. The minimum Gasteiger partial charge on any atom is -0.395 e. The minimum atomic E-state index is -3.92. The van der Waals surface area contributed by atoms with Gasteiger partial charge in [-0.05, 0) is 6.07 Å². The number of halogens is 2. The van der Waals surface area contributed by atoms with Crippen LogP contribution in [0.2, 0.25) is 10.0 Å². The monoisotopic (exact) mass is 383 g/mol. The van der Waals surface area contributed by atoms with Crippen LogP contribution in [-0.4, -0.2) is 41.5 Å². The third kappa shape index (κ3) is 6.22. The number of benzene rings is 1. The molecule has 7 N–H and O–H groups in total. The SMILES string of the molecule is NC1=NN(N)NC=C1c1cccc(Cl)c1Cl.O=S(=O)(O)CCO. The molecule has 2 rings (SSSR count). The van der Waals surface area contributed by atoms with Crippen molar-refractivity contribution >= 4 is 44.7 Å². The number of aliphatic hydroxyl groups is 1. The van der Waals surface area contributed by atoms with Gasteiger partial charge in [0.05, 0.1) is 22.4 Å². The molecule has 0 aromatic heterocycles. The second-order valence-corrected chi connectivity index (χ2v) is 6.49. The van der Waals surface area contributed by atoms with E-state index in [2.05, 4.69) is 10.5 Å². The van der Waals surface area contributed by atoms with Gasteiger partial charge >= 0.3 is 0 Å². The summed E-state index contributed by atoms with van der Waals surface area (Å²) in [5.41, 5.74) is 9.78. The highest BCUT2D eigenvalue weighted by Gasteiger charge is 2.16. The Morgan fingerprint density at radius 1 is 1.35 bits per heavy atom. The van der Waals surface area contributed by atoms with E-state index in [4.69, 9.17) is 44.4 Å². The Labute approximate surface area is 142 Å². The molecule has 1 aliphatic rings. The van der Waals surface area contributed by atoms with Crippen LogP contribution >= 0.6 is 23.2 Å². The third-order valence-electron chi connectivity index (χ3n) is 2.42. The van der Waals surface area contributed by atoms with Gasteiger partial charge in [0.2, 0.25) is 0 Å². The third-order valence-corrected chi connectivity index (χ3v) is 3.94. The summed E-state index contributed by atoms with van der Waals surface area (Å²) in [6.07, 6.45) is 1.61. The van der Waals surface area contributed by atoms with Crippen LogP contribution in [-0.2, 0) is 10.1 Å². The molecule has 0 saturated carbocycles. The van der Waals surface area contributed by atoms with Crippen molar-refractivity contribution in [3.8, 4) is 0 Å². The van der Waals surface area contributed by atoms with Crippen molar-refractivity contribution in [2.75, 3.05) is 12.4 Å². The van der Waals surface area contributed by atoms with Crippen LogP contribution in [0.1, 0.15) is 5.56 Å². The minimum absolute atomic E-state index is 0.269. The Morgan fingerprint density at radius 3 is 2.48 bits per heavy atom. The molecule has 0 spiro atoms. The van der Waals surface area contributed by atoms with Gasteiger partial charge in [-0.3, -0.25) is 9.98 Å². The van der Waals surface area contributed by atoms with E-state index in [-0.39, 0.29) is 5.84 Å². The first-order valence-corrected chi connectivity index (χ1v) is 8.38. The zero-order chi connectivity index (χ0) is 17.6. The van der Waals surface area contributed by atoms with Crippen LogP contribution in [0.15, 0.2) is 29.5 Å². The lowest BCUT2D eigenvalue weighted by atomic mass is 10.1. The maximum absolute atomic E-state index is 9.63. The summed E-state index contributed by atoms with van der Waals surface area (Å²) in [6.45, 7) is -0.529. The maximum atomic E-state index is 9.63. The van der Waals surface area contributed by atoms with E-state index >= 15 is 0 Å². The number of nitrogens with zero attached hydrogens (tertiary/aromatic N) is 2. The molecule has 1 aromatic rings. The van der Waals surface area contributed by atoms with E-state index in [1.165, 1.54) is 0 Å². The largest absolute Gasteiger partial charge is 0.395 e. The average molecular weight is 384 g/mol. The van der Waals surface area contributed by atoms with Crippen molar-refractivity contribution in [3.63, 3.8) is 0 Å². The molecule has 0 unspecified atom stereocenters. The first-order chi connectivity index (χ1) is 10.7. The molecule has 0 saturated heterocycles. The van der Waals surface area contributed by atoms with Crippen molar-refractivity contribution in [2.24, 2.45) is 16.7 Å². The van der Waals surface area contributed by atoms with Gasteiger partial charge in [-0.1, -0.05) is 35.3 Å². The molecular weight excluding hydrogens is 369 g/mol. The molecule has 128 valence electrons. The highest BCUT2D eigenvalue weighted by molar-refractivity contribution is 7.85. The van der Waals surface area contributed by atoms with Crippen molar-refractivity contribution in [2.45, 2.75) is 0 Å². The molecule has 0 radical (unpaired) electrons. The molecular formula is C11H15Cl2N5O4S. The second kappa shape index (κ2) is 8.34. The van der Waals surface area contributed by atoms with Crippen LogP contribution in [0.5, 0.6) is 0 Å². The number of nitrogens with two attached hydrogens (primary N) is 2. The van der Waals surface area contributed by atoms with Gasteiger partial charge in [-0.25, -0.2) is 5.84 Å². The molecule has 12 heteroatoms. The summed E-state index contributed by atoms with van der Waals surface area (Å²) in [5, 5.41) is 13.6. The molecule has 0 amide bonds. The summed E-state index contributed by atoms with van der Waals surface area (Å²) in [4.78, 5) is 0. The lowest BCUT2D eigenvalue weighted by Crippen LogP contribution is -2.41. The molecule has 23 heavy (non-hydrogen) atoms. The smallest absolute Gasteiger partial charge is 0.267 e. The van der Waals surface area contributed by atoms with Crippen molar-refractivity contribution < 1.29 is 18.1 Å². The van der Waals surface area contributed by atoms with Crippen LogP contribution < -0.4 is 17.0 Å². The number of hydrogen-bond donors (Lipinski definition) is 5. The average Bonchev–Trinajstić information content (AvgIpc) is 2.42. The van der Waals surface area contributed by atoms with Gasteiger partial charge in [-0.15, -0.1) is 10.3 Å². The number of aliphatic hydroxyl groups excluding tert-OH is 1. The number of hydrogen-bond acceptors (Lipinski definition) is 8. The van der Waals surface area contributed by atoms with Crippen LogP contribution in [0, 0.1) is 0 Å². The van der Waals surface area contributed by atoms with E-state index < -0.39 is 22.5 Å². The van der Waals surface area contributed by atoms with Crippen LogP contribution in [0.3, 0.4) is 0 Å². The van der Waals surface area contributed by atoms with E-state index in [1.807, 2.05) is 0 Å². The fourth-order valence-electron chi connectivity index (χ4n) is 1.45. The van der Waals surface area contributed by atoms with E-state index in [0.717, 1.165) is 5.23 Å². The predicted molar refractivity (Wildman–Crippen MR) is 88.7 cm³/mol. The maximum Gasteiger partial charge on any atom is 0.267 e. The lowest BCUT2D eigenvalue weighted by Gasteiger charge is -2.20. The van der Waals surface area contributed by atoms with Gasteiger partial charge < -0.3 is 10.8 Å². The quantitative estimate of drug-likeness (QED) is 0.365. The van der Waals surface area contributed by atoms with Crippen LogP contribution in [0.4, 0.5) is 0 Å². The molecule has 0 aliphatic carbocycles. The molecule has 1 heterocycles. The Morgan fingerprint density at radius 2 is 2.00 bits per heavy atom. The van der Waals surface area contributed by atoms with Crippen molar-refractivity contribution in [1.82, 2.24) is 10.7 Å². The Balaban J connectivity index is 0.000000322. The van der Waals surface area contributed by atoms with Gasteiger partial charge in [0.15, 0.2) is 5.84 Å². The van der Waals surface area contributed by atoms with E-state index in [0.29, 0.717) is 21.2 Å². The number of amidine groups is 1. The summed E-state index contributed by atoms with van der Waals surface area (Å²) < 4.78 is 27.1. The van der Waals surface area contributed by atoms with E-state index in [9.17, 15) is 8.42 Å². The second-order valence-electron chi connectivity index (χ2n) is 4.13. The Kier molecular flexibility index (Phi) is 7.06.